The molecule has 0 radical (unpaired) electrons. The van der Waals surface area contributed by atoms with E-state index in [1.54, 1.807) is 11.3 Å². The van der Waals surface area contributed by atoms with Crippen LogP contribution >= 0.6 is 22.9 Å². The van der Waals surface area contributed by atoms with E-state index in [1.165, 1.54) is 32.1 Å². The third-order valence-corrected chi connectivity index (χ3v) is 10.2. The Morgan fingerprint density at radius 3 is 2.50 bits per heavy atom. The number of halogens is 1. The number of hydrogen-bond acceptors (Lipinski definition) is 5. The number of thiazole rings is 1. The number of aryl methyl sites for hydroxylation is 2. The molecule has 40 heavy (non-hydrogen) atoms. The topological polar surface area (TPSA) is 71.2 Å². The molecule has 1 saturated carbocycles. The number of hydrogen-bond donors (Lipinski definition) is 1. The highest BCUT2D eigenvalue weighted by atomic mass is 35.5. The van der Waals surface area contributed by atoms with Gasteiger partial charge in [-0.15, -0.1) is 11.3 Å². The first-order valence-electron chi connectivity index (χ1n) is 13.9. The van der Waals surface area contributed by atoms with Gasteiger partial charge in [0.1, 0.15) is 5.01 Å². The lowest BCUT2D eigenvalue weighted by Gasteiger charge is -2.52. The number of aliphatic carboxylic acids is 1. The predicted octanol–water partition coefficient (Wildman–Crippen LogP) is 7.88. The molecule has 7 rings (SSSR count). The van der Waals surface area contributed by atoms with Crippen molar-refractivity contribution in [3.8, 4) is 21.7 Å². The van der Waals surface area contributed by atoms with Crippen LogP contribution in [-0.2, 0) is 18.3 Å². The lowest BCUT2D eigenvalue weighted by molar-refractivity contribution is -0.136. The Morgan fingerprint density at radius 2 is 1.77 bits per heavy atom. The molecule has 1 N–H and O–H groups in total. The minimum absolute atomic E-state index is 0.0463. The molecule has 0 amide bonds. The predicted molar refractivity (Wildman–Crippen MR) is 164 cm³/mol. The van der Waals surface area contributed by atoms with Crippen molar-refractivity contribution in [2.45, 2.75) is 45.4 Å². The van der Waals surface area contributed by atoms with Crippen LogP contribution in [0.5, 0.6) is 0 Å². The van der Waals surface area contributed by atoms with E-state index in [0.29, 0.717) is 10.4 Å². The highest BCUT2D eigenvalue weighted by Crippen LogP contribution is 2.47. The molecule has 204 valence electrons. The fraction of sp³-hybridized carbons (Fsp3) is 0.344. The van der Waals surface area contributed by atoms with Gasteiger partial charge in [-0.25, -0.2) is 4.98 Å². The number of carboxylic acid groups (broad SMARTS) is 1. The van der Waals surface area contributed by atoms with Gasteiger partial charge in [-0.05, 0) is 72.9 Å². The van der Waals surface area contributed by atoms with Crippen molar-refractivity contribution in [2.75, 3.05) is 18.0 Å². The Kier molecular flexibility index (Phi) is 6.13. The molecular formula is C32H31ClN4O2S. The molecule has 1 aliphatic carbocycles. The van der Waals surface area contributed by atoms with Gasteiger partial charge in [0, 0.05) is 47.1 Å². The van der Waals surface area contributed by atoms with E-state index in [2.05, 4.69) is 23.1 Å². The normalized spacial score (nSPS) is 16.6. The molecule has 2 aromatic heterocycles. The second-order valence-electron chi connectivity index (χ2n) is 11.6. The van der Waals surface area contributed by atoms with E-state index in [9.17, 15) is 9.90 Å². The van der Waals surface area contributed by atoms with Crippen molar-refractivity contribution in [3.63, 3.8) is 0 Å². The number of aromatic nitrogens is 3. The average molecular weight is 571 g/mol. The van der Waals surface area contributed by atoms with Crippen LogP contribution in [0.15, 0.2) is 48.5 Å². The van der Waals surface area contributed by atoms with Crippen LogP contribution in [0.25, 0.3) is 42.8 Å². The fourth-order valence-corrected chi connectivity index (χ4v) is 8.07. The monoisotopic (exact) mass is 570 g/mol. The second-order valence-corrected chi connectivity index (χ2v) is 13.0. The molecule has 0 unspecified atom stereocenters. The number of carboxylic acids is 1. The summed E-state index contributed by atoms with van der Waals surface area (Å²) >= 11 is 7.80. The first-order chi connectivity index (χ1) is 19.3. The van der Waals surface area contributed by atoms with Gasteiger partial charge in [0.2, 0.25) is 0 Å². The molecule has 0 bridgehead atoms. The summed E-state index contributed by atoms with van der Waals surface area (Å²) in [7, 11) is 2.02. The molecule has 5 aromatic rings. The maximum atomic E-state index is 11.8. The third-order valence-electron chi connectivity index (χ3n) is 8.82. The Balaban J connectivity index is 1.32. The Morgan fingerprint density at radius 1 is 1.05 bits per heavy atom. The van der Waals surface area contributed by atoms with Crippen molar-refractivity contribution >= 4 is 55.8 Å². The van der Waals surface area contributed by atoms with E-state index >= 15 is 0 Å². The number of nitrogens with zero attached hydrogens (tertiary/aromatic N) is 4. The molecule has 2 aliphatic rings. The van der Waals surface area contributed by atoms with Crippen LogP contribution in [-0.4, -0.2) is 38.9 Å². The van der Waals surface area contributed by atoms with Gasteiger partial charge in [-0.2, -0.15) is 5.10 Å². The molecular weight excluding hydrogens is 540 g/mol. The average Bonchev–Trinajstić information content (AvgIpc) is 3.49. The van der Waals surface area contributed by atoms with E-state index < -0.39 is 5.97 Å². The molecule has 8 heteroatoms. The van der Waals surface area contributed by atoms with Crippen LogP contribution in [0.2, 0.25) is 5.02 Å². The van der Waals surface area contributed by atoms with Gasteiger partial charge in [0.15, 0.2) is 5.82 Å². The summed E-state index contributed by atoms with van der Waals surface area (Å²) in [5, 5.41) is 17.4. The number of benzene rings is 3. The summed E-state index contributed by atoms with van der Waals surface area (Å²) in [5.74, 6) is 0.219. The van der Waals surface area contributed by atoms with Crippen molar-refractivity contribution < 1.29 is 9.90 Å². The van der Waals surface area contributed by atoms with E-state index in [0.717, 1.165) is 72.9 Å². The maximum absolute atomic E-state index is 11.8. The van der Waals surface area contributed by atoms with E-state index in [1.807, 2.05) is 49.0 Å². The fourth-order valence-electron chi connectivity index (χ4n) is 6.80. The lowest BCUT2D eigenvalue weighted by Crippen LogP contribution is -2.57. The summed E-state index contributed by atoms with van der Waals surface area (Å²) in [4.78, 5) is 19.3. The quantitative estimate of drug-likeness (QED) is 0.233. The molecule has 1 saturated heterocycles. The van der Waals surface area contributed by atoms with E-state index in [4.69, 9.17) is 21.7 Å². The van der Waals surface area contributed by atoms with Gasteiger partial charge < -0.3 is 10.0 Å². The number of rotatable bonds is 5. The minimum Gasteiger partial charge on any atom is -0.481 e. The highest BCUT2D eigenvalue weighted by Gasteiger charge is 2.44. The summed E-state index contributed by atoms with van der Waals surface area (Å²) in [6.45, 7) is 4.16. The van der Waals surface area contributed by atoms with E-state index in [-0.39, 0.29) is 6.42 Å². The third kappa shape index (κ3) is 4.27. The Bertz CT molecular complexity index is 1770. The molecule has 3 heterocycles. The van der Waals surface area contributed by atoms with Crippen LogP contribution in [0, 0.1) is 12.3 Å². The minimum atomic E-state index is -0.849. The molecule has 3 aromatic carbocycles. The number of fused-ring (bicyclic) bond motifs is 2. The maximum Gasteiger partial charge on any atom is 0.307 e. The highest BCUT2D eigenvalue weighted by molar-refractivity contribution is 7.22. The molecule has 1 spiro atoms. The zero-order chi connectivity index (χ0) is 27.6. The van der Waals surface area contributed by atoms with Gasteiger partial charge in [-0.1, -0.05) is 43.0 Å². The van der Waals surface area contributed by atoms with Crippen LogP contribution in [0.3, 0.4) is 0 Å². The van der Waals surface area contributed by atoms with Crippen LogP contribution < -0.4 is 4.90 Å². The first kappa shape index (κ1) is 25.5. The summed E-state index contributed by atoms with van der Waals surface area (Å²) in [5.41, 5.74) is 7.15. The second kappa shape index (κ2) is 9.60. The van der Waals surface area contributed by atoms with Gasteiger partial charge in [-0.3, -0.25) is 9.48 Å². The lowest BCUT2D eigenvalue weighted by atomic mass is 9.68. The van der Waals surface area contributed by atoms with Crippen LogP contribution in [0.4, 0.5) is 5.82 Å². The zero-order valence-corrected chi connectivity index (χ0v) is 24.3. The molecule has 6 nitrogen and oxygen atoms in total. The smallest absolute Gasteiger partial charge is 0.307 e. The molecule has 0 atom stereocenters. The Labute approximate surface area is 242 Å². The van der Waals surface area contributed by atoms with Gasteiger partial charge in [0.05, 0.1) is 22.2 Å². The van der Waals surface area contributed by atoms with Crippen molar-refractivity contribution in [3.05, 3.63) is 64.7 Å². The summed E-state index contributed by atoms with van der Waals surface area (Å²) in [6.07, 6.45) is 6.70. The summed E-state index contributed by atoms with van der Waals surface area (Å²) < 4.78 is 2.98. The Hall–Kier alpha value is -3.42. The SMILES string of the molecule is Cc1cc2nc(-c3ccc4c(c3)c(N3CC5(CCCCC5)C3)nn4C)sc2c(-c2ccc(Cl)cc2)c1CC(=O)O. The van der Waals surface area contributed by atoms with Crippen LogP contribution in [0.1, 0.15) is 43.2 Å². The first-order valence-corrected chi connectivity index (χ1v) is 15.1. The van der Waals surface area contributed by atoms with Crippen molar-refractivity contribution in [1.82, 2.24) is 14.8 Å². The van der Waals surface area contributed by atoms with Crippen molar-refractivity contribution in [2.24, 2.45) is 12.5 Å². The van der Waals surface area contributed by atoms with Crippen molar-refractivity contribution in [1.29, 1.82) is 0 Å². The molecule has 1 aliphatic heterocycles. The number of carbonyl (C=O) groups is 1. The largest absolute Gasteiger partial charge is 0.481 e. The summed E-state index contributed by atoms with van der Waals surface area (Å²) in [6, 6.07) is 16.1. The van der Waals surface area contributed by atoms with Gasteiger partial charge >= 0.3 is 5.97 Å². The zero-order valence-electron chi connectivity index (χ0n) is 22.7. The number of anilines is 1. The van der Waals surface area contributed by atoms with Gasteiger partial charge in [0.25, 0.3) is 0 Å². The molecule has 2 fully saturated rings. The standard InChI is InChI=1S/C32H31ClN4O2S/c1-19-14-25-29(28(23(19)16-27(38)39)20-6-9-22(33)10-7-20)40-31(34-25)21-8-11-26-24(15-21)30(35-36(26)2)37-17-32(18-37)12-4-3-5-13-32/h6-11,14-15H,3-5,12-13,16-18H2,1-2H3,(H,38,39).